The highest BCUT2D eigenvalue weighted by atomic mass is 32.1. The summed E-state index contributed by atoms with van der Waals surface area (Å²) in [4.78, 5) is 25.0. The Bertz CT molecular complexity index is 733. The lowest BCUT2D eigenvalue weighted by molar-refractivity contribution is 0.0498. The van der Waals surface area contributed by atoms with Crippen LogP contribution in [0.25, 0.3) is 0 Å². The van der Waals surface area contributed by atoms with Crippen molar-refractivity contribution in [1.29, 1.82) is 0 Å². The van der Waals surface area contributed by atoms with Gasteiger partial charge in [0.15, 0.2) is 0 Å². The number of rotatable bonds is 4. The molecule has 1 aliphatic heterocycles. The summed E-state index contributed by atoms with van der Waals surface area (Å²) in [5.41, 5.74) is -0.0653. The summed E-state index contributed by atoms with van der Waals surface area (Å²) in [7, 11) is 1.53. The van der Waals surface area contributed by atoms with Gasteiger partial charge in [0.05, 0.1) is 0 Å². The number of nitrogens with zero attached hydrogens (tertiary/aromatic N) is 2. The van der Waals surface area contributed by atoms with Crippen molar-refractivity contribution in [2.75, 3.05) is 19.8 Å². The molecular weight excluding hydrogens is 314 g/mol. The highest BCUT2D eigenvalue weighted by Crippen LogP contribution is 2.36. The maximum Gasteiger partial charge on any atom is 0.271 e. The summed E-state index contributed by atoms with van der Waals surface area (Å²) in [5, 5.41) is 9.03. The lowest BCUT2D eigenvalue weighted by Crippen LogP contribution is -2.44. The third-order valence-electron chi connectivity index (χ3n) is 4.27. The molecule has 3 rings (SSSR count). The first-order valence-electron chi connectivity index (χ1n) is 7.55. The van der Waals surface area contributed by atoms with Crippen LogP contribution in [0.2, 0.25) is 0 Å². The zero-order valence-corrected chi connectivity index (χ0v) is 13.8. The zero-order valence-electron chi connectivity index (χ0n) is 12.9. The van der Waals surface area contributed by atoms with Gasteiger partial charge in [0, 0.05) is 43.2 Å². The Morgan fingerprint density at radius 3 is 2.83 bits per heavy atom. The highest BCUT2D eigenvalue weighted by Gasteiger charge is 2.35. The Morgan fingerprint density at radius 1 is 1.39 bits per heavy atom. The number of thiophene rings is 1. The summed E-state index contributed by atoms with van der Waals surface area (Å²) in [5.74, 6) is -0.261. The van der Waals surface area contributed by atoms with Gasteiger partial charge in [-0.3, -0.25) is 9.59 Å². The molecule has 0 bridgehead atoms. The smallest absolute Gasteiger partial charge is 0.271 e. The van der Waals surface area contributed by atoms with Crippen LogP contribution in [0, 0.1) is 0 Å². The Kier molecular flexibility index (Phi) is 4.58. The van der Waals surface area contributed by atoms with E-state index in [4.69, 9.17) is 4.74 Å². The van der Waals surface area contributed by atoms with Gasteiger partial charge in [0.25, 0.3) is 11.5 Å². The van der Waals surface area contributed by atoms with Gasteiger partial charge in [-0.1, -0.05) is 6.07 Å². The van der Waals surface area contributed by atoms with Crippen LogP contribution in [0.3, 0.4) is 0 Å². The Balaban J connectivity index is 1.75. The van der Waals surface area contributed by atoms with Gasteiger partial charge in [-0.15, -0.1) is 11.3 Å². The van der Waals surface area contributed by atoms with Crippen molar-refractivity contribution in [1.82, 2.24) is 15.1 Å². The third kappa shape index (κ3) is 3.35. The second-order valence-electron chi connectivity index (χ2n) is 5.73. The van der Waals surface area contributed by atoms with E-state index in [1.165, 1.54) is 28.7 Å². The van der Waals surface area contributed by atoms with Gasteiger partial charge in [-0.25, -0.2) is 4.68 Å². The molecule has 6 nitrogen and oxygen atoms in total. The minimum absolute atomic E-state index is 0.0806. The average molecular weight is 333 g/mol. The highest BCUT2D eigenvalue weighted by molar-refractivity contribution is 7.10. The lowest BCUT2D eigenvalue weighted by atomic mass is 9.78. The second kappa shape index (κ2) is 6.64. The minimum Gasteiger partial charge on any atom is -0.381 e. The molecule has 0 saturated carbocycles. The first-order valence-corrected chi connectivity index (χ1v) is 8.43. The van der Waals surface area contributed by atoms with E-state index in [9.17, 15) is 9.59 Å². The largest absolute Gasteiger partial charge is 0.381 e. The van der Waals surface area contributed by atoms with E-state index in [1.54, 1.807) is 11.3 Å². The van der Waals surface area contributed by atoms with Crippen LogP contribution < -0.4 is 10.9 Å². The first-order chi connectivity index (χ1) is 11.1. The molecule has 1 fully saturated rings. The van der Waals surface area contributed by atoms with Crippen molar-refractivity contribution < 1.29 is 9.53 Å². The van der Waals surface area contributed by atoms with E-state index in [-0.39, 0.29) is 22.6 Å². The number of nitrogens with one attached hydrogen (secondary N) is 1. The number of hydrogen-bond acceptors (Lipinski definition) is 5. The van der Waals surface area contributed by atoms with Crippen LogP contribution in [-0.4, -0.2) is 35.4 Å². The van der Waals surface area contributed by atoms with Crippen LogP contribution >= 0.6 is 11.3 Å². The minimum atomic E-state index is -0.261. The van der Waals surface area contributed by atoms with E-state index in [0.29, 0.717) is 19.8 Å². The fourth-order valence-corrected chi connectivity index (χ4v) is 3.80. The van der Waals surface area contributed by atoms with Gasteiger partial charge in [-0.05, 0) is 30.4 Å². The van der Waals surface area contributed by atoms with Crippen molar-refractivity contribution in [3.63, 3.8) is 0 Å². The van der Waals surface area contributed by atoms with Crippen LogP contribution in [-0.2, 0) is 17.2 Å². The molecule has 0 aliphatic carbocycles. The second-order valence-corrected chi connectivity index (χ2v) is 6.68. The number of aromatic nitrogens is 2. The first kappa shape index (κ1) is 15.9. The van der Waals surface area contributed by atoms with Gasteiger partial charge in [0.2, 0.25) is 0 Å². The van der Waals surface area contributed by atoms with Crippen molar-refractivity contribution >= 4 is 17.2 Å². The predicted molar refractivity (Wildman–Crippen MR) is 87.9 cm³/mol. The van der Waals surface area contributed by atoms with Crippen LogP contribution in [0.1, 0.15) is 28.2 Å². The van der Waals surface area contributed by atoms with Gasteiger partial charge < -0.3 is 10.1 Å². The Morgan fingerprint density at radius 2 is 2.17 bits per heavy atom. The van der Waals surface area contributed by atoms with Gasteiger partial charge in [-0.2, -0.15) is 5.10 Å². The number of carbonyl (C=O) groups is 1. The van der Waals surface area contributed by atoms with Crippen molar-refractivity contribution in [2.24, 2.45) is 7.05 Å². The molecule has 7 heteroatoms. The standard InChI is InChI=1S/C16H19N3O3S/c1-19-14(20)5-4-12(18-19)15(21)17-11-16(6-8-22-9-7-16)13-3-2-10-23-13/h2-5,10H,6-9,11H2,1H3,(H,17,21). The Hall–Kier alpha value is -1.99. The molecule has 23 heavy (non-hydrogen) atoms. The maximum atomic E-state index is 12.3. The zero-order chi connectivity index (χ0) is 16.3. The van der Waals surface area contributed by atoms with E-state index in [2.05, 4.69) is 21.9 Å². The summed E-state index contributed by atoms with van der Waals surface area (Å²) in [6.07, 6.45) is 1.77. The monoisotopic (exact) mass is 333 g/mol. The predicted octanol–water partition coefficient (Wildman–Crippen LogP) is 1.32. The van der Waals surface area contributed by atoms with Crippen molar-refractivity contribution in [2.45, 2.75) is 18.3 Å². The number of carbonyl (C=O) groups excluding carboxylic acids is 1. The number of amides is 1. The normalized spacial score (nSPS) is 16.9. The number of aryl methyl sites for hydroxylation is 1. The van der Waals surface area contributed by atoms with E-state index in [0.717, 1.165) is 12.8 Å². The fourth-order valence-electron chi connectivity index (χ4n) is 2.82. The summed E-state index contributed by atoms with van der Waals surface area (Å²) in [6, 6.07) is 6.96. The van der Waals surface area contributed by atoms with E-state index >= 15 is 0 Å². The molecule has 0 spiro atoms. The molecule has 1 N–H and O–H groups in total. The molecule has 1 saturated heterocycles. The molecule has 0 atom stereocenters. The summed E-state index contributed by atoms with van der Waals surface area (Å²) in [6.45, 7) is 1.94. The average Bonchev–Trinajstić information content (AvgIpc) is 3.11. The third-order valence-corrected chi connectivity index (χ3v) is 5.39. The van der Waals surface area contributed by atoms with Gasteiger partial charge >= 0.3 is 0 Å². The fraction of sp³-hybridized carbons (Fsp3) is 0.438. The van der Waals surface area contributed by atoms with Crippen LogP contribution in [0.4, 0.5) is 0 Å². The Labute approximate surface area is 138 Å². The molecule has 0 aromatic carbocycles. The SMILES string of the molecule is Cn1nc(C(=O)NCC2(c3cccs3)CCOCC2)ccc1=O. The molecule has 1 amide bonds. The molecule has 122 valence electrons. The molecule has 3 heterocycles. The van der Waals surface area contributed by atoms with Crippen molar-refractivity contribution in [3.05, 3.63) is 50.6 Å². The molecule has 0 radical (unpaired) electrons. The maximum absolute atomic E-state index is 12.3. The molecule has 0 unspecified atom stereocenters. The molecule has 1 aliphatic rings. The molecule has 2 aromatic heterocycles. The van der Waals surface area contributed by atoms with Gasteiger partial charge in [0.1, 0.15) is 5.69 Å². The quantitative estimate of drug-likeness (QED) is 0.916. The summed E-state index contributed by atoms with van der Waals surface area (Å²) < 4.78 is 6.65. The van der Waals surface area contributed by atoms with E-state index < -0.39 is 0 Å². The molecular formula is C16H19N3O3S. The van der Waals surface area contributed by atoms with Crippen molar-refractivity contribution in [3.8, 4) is 0 Å². The van der Waals surface area contributed by atoms with E-state index in [1.807, 2.05) is 6.07 Å². The van der Waals surface area contributed by atoms with Crippen LogP contribution in [0.5, 0.6) is 0 Å². The van der Waals surface area contributed by atoms with Crippen LogP contribution in [0.15, 0.2) is 34.4 Å². The lowest BCUT2D eigenvalue weighted by Gasteiger charge is -2.36. The number of hydrogen-bond donors (Lipinski definition) is 1. The summed E-state index contributed by atoms with van der Waals surface area (Å²) >= 11 is 1.71. The number of ether oxygens (including phenoxy) is 1. The molecule has 2 aromatic rings. The topological polar surface area (TPSA) is 73.2 Å².